The van der Waals surface area contributed by atoms with E-state index in [1.807, 2.05) is 18.6 Å². The molecule has 9 aromatic rings. The minimum atomic E-state index is -0.0931. The number of pyridine rings is 2. The second-order valence-corrected chi connectivity index (χ2v) is 19.4. The number of hydrogen-bond acceptors (Lipinski definition) is 6. The number of para-hydroxylation sites is 3. The Morgan fingerprint density at radius 3 is 1.90 bits per heavy atom. The molecule has 0 N–H and O–H groups in total. The number of rotatable bonds is 7. The van der Waals surface area contributed by atoms with E-state index >= 15 is 0 Å². The number of fused-ring (bicyclic) bond motifs is 6. The van der Waals surface area contributed by atoms with E-state index in [0.29, 0.717) is 0 Å². The van der Waals surface area contributed by atoms with E-state index in [2.05, 4.69) is 261 Å². The van der Waals surface area contributed by atoms with Crippen molar-refractivity contribution in [2.45, 2.75) is 52.4 Å². The molecule has 0 bridgehead atoms. The minimum absolute atomic E-state index is 0. The van der Waals surface area contributed by atoms with E-state index in [1.165, 1.54) is 11.1 Å². The van der Waals surface area contributed by atoms with Crippen LogP contribution in [-0.2, 0) is 31.9 Å². The summed E-state index contributed by atoms with van der Waals surface area (Å²) in [4.78, 5) is 18.9. The molecule has 2 aliphatic rings. The topological polar surface area (TPSA) is 38.7 Å². The first-order valence-electron chi connectivity index (χ1n) is 23.0. The van der Waals surface area contributed by atoms with Crippen molar-refractivity contribution >= 4 is 57.0 Å². The Morgan fingerprint density at radius 2 is 1.16 bits per heavy atom. The molecule has 0 saturated carbocycles. The van der Waals surface area contributed by atoms with Gasteiger partial charge in [0.1, 0.15) is 5.82 Å². The van der Waals surface area contributed by atoms with Gasteiger partial charge in [-0.3, -0.25) is 4.98 Å². The van der Waals surface area contributed by atoms with Crippen molar-refractivity contribution in [3.63, 3.8) is 0 Å². The van der Waals surface area contributed by atoms with E-state index in [1.54, 1.807) is 0 Å². The summed E-state index contributed by atoms with van der Waals surface area (Å²) >= 11 is 0. The van der Waals surface area contributed by atoms with Crippen LogP contribution in [0.25, 0.3) is 33.4 Å². The Labute approximate surface area is 415 Å². The average Bonchev–Trinajstić information content (AvgIpc) is 3.69. The first-order valence-corrected chi connectivity index (χ1v) is 23.0. The molecule has 6 nitrogen and oxygen atoms in total. The largest absolute Gasteiger partial charge is 0.493 e. The van der Waals surface area contributed by atoms with Crippen LogP contribution in [0.3, 0.4) is 0 Å². The molecule has 0 saturated heterocycles. The average molecular weight is 1060 g/mol. The van der Waals surface area contributed by atoms with Crippen LogP contribution in [0.5, 0.6) is 0 Å². The van der Waals surface area contributed by atoms with Gasteiger partial charge in [0.15, 0.2) is 0 Å². The first kappa shape index (κ1) is 44.6. The number of anilines is 10. The zero-order chi connectivity index (χ0) is 45.9. The summed E-state index contributed by atoms with van der Waals surface area (Å²) in [6, 6.07) is 70.7. The van der Waals surface area contributed by atoms with Gasteiger partial charge in [-0.1, -0.05) is 161 Å². The fraction of sp³-hybridized carbons (Fsp3) is 0.131. The van der Waals surface area contributed by atoms with Gasteiger partial charge >= 0.3 is 0 Å². The van der Waals surface area contributed by atoms with Gasteiger partial charge < -0.3 is 19.6 Å². The monoisotopic (exact) mass is 1060 g/mol. The summed E-state index contributed by atoms with van der Waals surface area (Å²) in [5.74, 6) is 0.814. The first-order chi connectivity index (χ1) is 32.5. The van der Waals surface area contributed by atoms with Crippen molar-refractivity contribution in [1.29, 1.82) is 0 Å². The maximum Gasteiger partial charge on any atom is 0.135 e. The number of benzene rings is 7. The number of hydrogen-bond donors (Lipinski definition) is 0. The van der Waals surface area contributed by atoms with Crippen LogP contribution in [0.1, 0.15) is 52.7 Å². The van der Waals surface area contributed by atoms with Crippen molar-refractivity contribution in [3.8, 4) is 33.4 Å². The molecule has 0 atom stereocenters. The zero-order valence-electron chi connectivity index (χ0n) is 39.1. The van der Waals surface area contributed by atoms with E-state index in [9.17, 15) is 0 Å². The van der Waals surface area contributed by atoms with Crippen LogP contribution >= 0.6 is 0 Å². The van der Waals surface area contributed by atoms with Gasteiger partial charge in [-0.15, -0.1) is 53.8 Å². The van der Waals surface area contributed by atoms with Gasteiger partial charge in [0.25, 0.3) is 0 Å². The van der Waals surface area contributed by atoms with Crippen molar-refractivity contribution in [3.05, 3.63) is 224 Å². The summed E-state index contributed by atoms with van der Waals surface area (Å²) in [6.07, 6.45) is 5.77. The molecule has 2 aliphatic heterocycles. The Kier molecular flexibility index (Phi) is 11.6. The third-order valence-corrected chi connectivity index (χ3v) is 12.8. The van der Waals surface area contributed by atoms with Crippen molar-refractivity contribution in [2.75, 3.05) is 19.6 Å². The second-order valence-electron chi connectivity index (χ2n) is 19.4. The van der Waals surface area contributed by atoms with Crippen LogP contribution in [-0.4, -0.2) is 9.97 Å². The molecule has 68 heavy (non-hydrogen) atoms. The van der Waals surface area contributed by atoms with Crippen LogP contribution in [0.2, 0.25) is 0 Å². The molecule has 0 unspecified atom stereocenters. The van der Waals surface area contributed by atoms with Gasteiger partial charge in [0.2, 0.25) is 0 Å². The molecule has 0 amide bonds. The molecule has 0 spiro atoms. The Bertz CT molecular complexity index is 3280. The van der Waals surface area contributed by atoms with Crippen molar-refractivity contribution in [2.24, 2.45) is 0 Å². The molecule has 2 aromatic heterocycles. The van der Waals surface area contributed by atoms with E-state index in [0.717, 1.165) is 90.4 Å². The Morgan fingerprint density at radius 1 is 0.500 bits per heavy atom. The van der Waals surface area contributed by atoms with Crippen LogP contribution in [0.15, 0.2) is 195 Å². The summed E-state index contributed by atoms with van der Waals surface area (Å²) < 4.78 is 0. The maximum atomic E-state index is 5.09. The fourth-order valence-electron chi connectivity index (χ4n) is 9.31. The summed E-state index contributed by atoms with van der Waals surface area (Å²) in [5.41, 5.74) is 17.6. The fourth-order valence-corrected chi connectivity index (χ4v) is 9.31. The second kappa shape index (κ2) is 17.8. The van der Waals surface area contributed by atoms with Gasteiger partial charge in [0, 0.05) is 68.0 Å². The quantitative estimate of drug-likeness (QED) is 0.148. The molecule has 0 radical (unpaired) electrons. The van der Waals surface area contributed by atoms with Crippen LogP contribution < -0.4 is 19.6 Å². The Balaban J connectivity index is 0.00000539. The van der Waals surface area contributed by atoms with E-state index in [-0.39, 0.29) is 31.9 Å². The van der Waals surface area contributed by atoms with Crippen LogP contribution in [0, 0.1) is 18.8 Å². The van der Waals surface area contributed by atoms with E-state index < -0.39 is 0 Å². The van der Waals surface area contributed by atoms with Crippen LogP contribution in [0.4, 0.5) is 57.0 Å². The number of nitrogens with zero attached hydrogens (tertiary/aromatic N) is 6. The molecule has 4 heterocycles. The zero-order valence-corrected chi connectivity index (χ0v) is 41.3. The maximum absolute atomic E-state index is 5.09. The van der Waals surface area contributed by atoms with Gasteiger partial charge in [-0.05, 0) is 87.7 Å². The molecule has 0 fully saturated rings. The Hall–Kier alpha value is -7.27. The predicted molar refractivity (Wildman–Crippen MR) is 278 cm³/mol. The molecule has 0 aliphatic carbocycles. The number of aromatic nitrogens is 2. The van der Waals surface area contributed by atoms with Crippen molar-refractivity contribution < 1.29 is 21.1 Å². The van der Waals surface area contributed by atoms with Gasteiger partial charge in [-0.2, -0.15) is 6.07 Å². The third kappa shape index (κ3) is 8.17. The standard InChI is InChI=1S/C61H51N6.Pt/c1-60(2,3)44-20-17-23-47(36-44)64-41-65(57-27-16-15-26-56(57)64)49-34-43(42-18-9-7-10-19-42)35-50(38-49)66(46-21-11-8-12-22-46)48-28-29-53-51-24-13-14-25-52(51)54-40-62-32-31-55(54)67(58(53)39-48)59-37-45(30-33-63-59)61(4,5)6;/h7-37,40-41H,1-6H3;/q-3;. The SMILES string of the molecule is CC(C)(C)c1cccc(N2[CH-]N(c3[c-]c(N(c4[c-]c5c(cc4)-c4ccccc4-c4cnccc4N5c4cc(C(C)(C)C)ccn4)c4ccccc4)cc(-c4ccccc4)c3)c3ccccc32)c1.[Pt]. The molecule has 7 aromatic carbocycles. The predicted octanol–water partition coefficient (Wildman–Crippen LogP) is 16.3. The third-order valence-electron chi connectivity index (χ3n) is 12.8. The normalized spacial score (nSPS) is 12.9. The molecule has 338 valence electrons. The molecular formula is C61H51N6Pt-3. The molecular weight excluding hydrogens is 1010 g/mol. The molecule has 11 rings (SSSR count). The van der Waals surface area contributed by atoms with E-state index in [4.69, 9.17) is 4.98 Å². The van der Waals surface area contributed by atoms with Crippen molar-refractivity contribution in [1.82, 2.24) is 9.97 Å². The van der Waals surface area contributed by atoms with Gasteiger partial charge in [0.05, 0.1) is 5.69 Å². The van der Waals surface area contributed by atoms with Gasteiger partial charge in [-0.25, -0.2) is 4.98 Å². The summed E-state index contributed by atoms with van der Waals surface area (Å²) in [7, 11) is 0. The summed E-state index contributed by atoms with van der Waals surface area (Å²) in [6.45, 7) is 15.7. The molecule has 7 heteroatoms. The minimum Gasteiger partial charge on any atom is -0.493 e. The summed E-state index contributed by atoms with van der Waals surface area (Å²) in [5, 5.41) is 0. The smallest absolute Gasteiger partial charge is 0.135 e.